The Kier molecular flexibility index (Phi) is 6.29. The van der Waals surface area contributed by atoms with Gasteiger partial charge in [-0.3, -0.25) is 0 Å². The van der Waals surface area contributed by atoms with Crippen molar-refractivity contribution in [3.63, 3.8) is 0 Å². The molecule has 13 heavy (non-hydrogen) atoms. The number of aliphatic hydroxyl groups excluding tert-OH is 1. The summed E-state index contributed by atoms with van der Waals surface area (Å²) in [5.41, 5.74) is -0.104. The number of ether oxygens (including phenoxy) is 2. The van der Waals surface area contributed by atoms with Crippen LogP contribution in [0.4, 0.5) is 0 Å². The maximum atomic E-state index is 9.15. The molecule has 0 aromatic rings. The van der Waals surface area contributed by atoms with Gasteiger partial charge in [-0.25, -0.2) is 0 Å². The molecule has 0 saturated heterocycles. The molecule has 0 heterocycles. The summed E-state index contributed by atoms with van der Waals surface area (Å²) in [6, 6.07) is 0. The molecule has 0 aliphatic heterocycles. The van der Waals surface area contributed by atoms with Crippen molar-refractivity contribution in [1.29, 1.82) is 0 Å². The molecule has 0 spiro atoms. The Morgan fingerprint density at radius 2 is 1.85 bits per heavy atom. The van der Waals surface area contributed by atoms with Crippen molar-refractivity contribution in [2.75, 3.05) is 19.8 Å². The van der Waals surface area contributed by atoms with Crippen LogP contribution >= 0.6 is 0 Å². The number of aliphatic hydroxyl groups is 1. The van der Waals surface area contributed by atoms with Gasteiger partial charge in [0.2, 0.25) is 0 Å². The molecule has 0 bridgehead atoms. The average Bonchev–Trinajstić information content (AvgIpc) is 2.01. The van der Waals surface area contributed by atoms with Crippen molar-refractivity contribution >= 4 is 0 Å². The highest BCUT2D eigenvalue weighted by Gasteiger charge is 2.09. The average molecular weight is 190 g/mol. The summed E-state index contributed by atoms with van der Waals surface area (Å²) in [6.07, 6.45) is 0.398. The van der Waals surface area contributed by atoms with Crippen LogP contribution in [0.5, 0.6) is 0 Å². The Bertz CT molecular complexity index is 118. The van der Waals surface area contributed by atoms with Crippen LogP contribution in [-0.2, 0) is 9.47 Å². The van der Waals surface area contributed by atoms with Crippen molar-refractivity contribution in [3.05, 3.63) is 0 Å². The standard InChI is InChI=1S/C10H22O3/c1-5-9(11)8-12-6-7-13-10(2,3)4/h9,11H,5-8H2,1-4H3. The third-order valence-corrected chi connectivity index (χ3v) is 1.54. The lowest BCUT2D eigenvalue weighted by atomic mass is 10.2. The van der Waals surface area contributed by atoms with E-state index in [2.05, 4.69) is 0 Å². The highest BCUT2D eigenvalue weighted by atomic mass is 16.5. The Morgan fingerprint density at radius 1 is 1.23 bits per heavy atom. The summed E-state index contributed by atoms with van der Waals surface area (Å²) >= 11 is 0. The predicted molar refractivity (Wildman–Crippen MR) is 52.8 cm³/mol. The molecule has 0 rings (SSSR count). The minimum absolute atomic E-state index is 0.104. The third-order valence-electron chi connectivity index (χ3n) is 1.54. The quantitative estimate of drug-likeness (QED) is 0.646. The summed E-state index contributed by atoms with van der Waals surface area (Å²) in [4.78, 5) is 0. The van der Waals surface area contributed by atoms with E-state index in [1.165, 1.54) is 0 Å². The lowest BCUT2D eigenvalue weighted by Crippen LogP contribution is -2.23. The molecule has 0 aliphatic carbocycles. The first kappa shape index (κ1) is 12.9. The molecule has 3 heteroatoms. The summed E-state index contributed by atoms with van der Waals surface area (Å²) in [5, 5.41) is 9.15. The lowest BCUT2D eigenvalue weighted by molar-refractivity contribution is -0.0475. The molecule has 0 amide bonds. The van der Waals surface area contributed by atoms with E-state index in [0.29, 0.717) is 19.8 Å². The van der Waals surface area contributed by atoms with E-state index < -0.39 is 0 Å². The molecule has 0 aromatic heterocycles. The zero-order valence-electron chi connectivity index (χ0n) is 9.17. The summed E-state index contributed by atoms with van der Waals surface area (Å²) in [7, 11) is 0. The number of rotatable bonds is 6. The molecular formula is C10H22O3. The van der Waals surface area contributed by atoms with Crippen LogP contribution in [0.15, 0.2) is 0 Å². The highest BCUT2D eigenvalue weighted by molar-refractivity contribution is 4.58. The second kappa shape index (κ2) is 6.35. The molecule has 0 saturated carbocycles. The monoisotopic (exact) mass is 190 g/mol. The fourth-order valence-corrected chi connectivity index (χ4v) is 0.744. The van der Waals surface area contributed by atoms with Gasteiger partial charge >= 0.3 is 0 Å². The SMILES string of the molecule is CCC(O)COCCOC(C)(C)C. The molecule has 1 unspecified atom stereocenters. The second-order valence-corrected chi connectivity index (χ2v) is 4.10. The van der Waals surface area contributed by atoms with Crippen molar-refractivity contribution in [1.82, 2.24) is 0 Å². The van der Waals surface area contributed by atoms with Gasteiger partial charge in [-0.15, -0.1) is 0 Å². The van der Waals surface area contributed by atoms with Gasteiger partial charge in [0.05, 0.1) is 31.5 Å². The van der Waals surface area contributed by atoms with Crippen molar-refractivity contribution in [2.24, 2.45) is 0 Å². The van der Waals surface area contributed by atoms with E-state index in [9.17, 15) is 0 Å². The van der Waals surface area contributed by atoms with Crippen LogP contribution in [0, 0.1) is 0 Å². The molecule has 1 N–H and O–H groups in total. The number of hydrogen-bond donors (Lipinski definition) is 1. The van der Waals surface area contributed by atoms with Gasteiger partial charge in [-0.1, -0.05) is 6.92 Å². The molecule has 0 fully saturated rings. The molecule has 0 radical (unpaired) electrons. The van der Waals surface area contributed by atoms with Crippen LogP contribution < -0.4 is 0 Å². The molecule has 1 atom stereocenters. The van der Waals surface area contributed by atoms with Crippen molar-refractivity contribution < 1.29 is 14.6 Å². The van der Waals surface area contributed by atoms with Gasteiger partial charge in [-0.2, -0.15) is 0 Å². The normalized spacial score (nSPS) is 14.5. The van der Waals surface area contributed by atoms with Crippen molar-refractivity contribution in [3.8, 4) is 0 Å². The van der Waals surface area contributed by atoms with E-state index in [0.717, 1.165) is 6.42 Å². The minimum atomic E-state index is -0.338. The molecule has 80 valence electrons. The smallest absolute Gasteiger partial charge is 0.0771 e. The summed E-state index contributed by atoms with van der Waals surface area (Å²) in [6.45, 7) is 9.49. The maximum Gasteiger partial charge on any atom is 0.0771 e. The van der Waals surface area contributed by atoms with Crippen molar-refractivity contribution in [2.45, 2.75) is 45.8 Å². The van der Waals surface area contributed by atoms with E-state index >= 15 is 0 Å². The second-order valence-electron chi connectivity index (χ2n) is 4.10. The largest absolute Gasteiger partial charge is 0.391 e. The molecule has 0 aromatic carbocycles. The van der Waals surface area contributed by atoms with Gasteiger partial charge in [0.25, 0.3) is 0 Å². The maximum absolute atomic E-state index is 9.15. The lowest BCUT2D eigenvalue weighted by Gasteiger charge is -2.19. The van der Waals surface area contributed by atoms with Gasteiger partial charge in [0, 0.05) is 0 Å². The Hall–Kier alpha value is -0.120. The van der Waals surface area contributed by atoms with E-state index in [1.54, 1.807) is 0 Å². The predicted octanol–water partition coefficient (Wildman–Crippen LogP) is 1.59. The topological polar surface area (TPSA) is 38.7 Å². The van der Waals surface area contributed by atoms with Gasteiger partial charge in [0.1, 0.15) is 0 Å². The van der Waals surface area contributed by atoms with Crippen LogP contribution in [0.3, 0.4) is 0 Å². The Balaban J connectivity index is 3.18. The molecule has 0 aliphatic rings. The first-order valence-corrected chi connectivity index (χ1v) is 4.85. The Labute approximate surface area is 81.0 Å². The first-order chi connectivity index (χ1) is 5.95. The van der Waals surface area contributed by atoms with Crippen LogP contribution in [0.1, 0.15) is 34.1 Å². The Morgan fingerprint density at radius 3 is 2.31 bits per heavy atom. The molecule has 3 nitrogen and oxygen atoms in total. The fourth-order valence-electron chi connectivity index (χ4n) is 0.744. The van der Waals surface area contributed by atoms with Gasteiger partial charge in [-0.05, 0) is 27.2 Å². The number of hydrogen-bond acceptors (Lipinski definition) is 3. The van der Waals surface area contributed by atoms with Gasteiger partial charge < -0.3 is 14.6 Å². The van der Waals surface area contributed by atoms with E-state index in [1.807, 2.05) is 27.7 Å². The minimum Gasteiger partial charge on any atom is -0.391 e. The third kappa shape index (κ3) is 9.80. The molecular weight excluding hydrogens is 168 g/mol. The van der Waals surface area contributed by atoms with E-state index in [4.69, 9.17) is 14.6 Å². The zero-order valence-corrected chi connectivity index (χ0v) is 9.17. The van der Waals surface area contributed by atoms with Crippen LogP contribution in [-0.4, -0.2) is 36.6 Å². The van der Waals surface area contributed by atoms with E-state index in [-0.39, 0.29) is 11.7 Å². The van der Waals surface area contributed by atoms with Gasteiger partial charge in [0.15, 0.2) is 0 Å². The highest BCUT2D eigenvalue weighted by Crippen LogP contribution is 2.05. The van der Waals surface area contributed by atoms with Crippen LogP contribution in [0.2, 0.25) is 0 Å². The fraction of sp³-hybridized carbons (Fsp3) is 1.00. The first-order valence-electron chi connectivity index (χ1n) is 4.85. The zero-order chi connectivity index (χ0) is 10.3. The van der Waals surface area contributed by atoms with Crippen LogP contribution in [0.25, 0.3) is 0 Å². The summed E-state index contributed by atoms with van der Waals surface area (Å²) in [5.74, 6) is 0. The summed E-state index contributed by atoms with van der Waals surface area (Å²) < 4.78 is 10.6.